The summed E-state index contributed by atoms with van der Waals surface area (Å²) in [6, 6.07) is 6.89. The molecule has 152 valence electrons. The zero-order chi connectivity index (χ0) is 17.8. The molecule has 0 saturated carbocycles. The van der Waals surface area contributed by atoms with Gasteiger partial charge in [0.1, 0.15) is 24.0 Å². The lowest BCUT2D eigenvalue weighted by Crippen LogP contribution is -2.49. The van der Waals surface area contributed by atoms with Gasteiger partial charge in [-0.05, 0) is 31.2 Å². The number of likely N-dealkylation sites (N-methyl/N-ethyl adjacent to an activating group) is 1. The largest absolute Gasteiger partial charge is 0.491 e. The highest BCUT2D eigenvalue weighted by Crippen LogP contribution is 2.22. The Morgan fingerprint density at radius 2 is 1.81 bits per heavy atom. The lowest BCUT2D eigenvalue weighted by molar-refractivity contribution is 0.0471. The molecule has 1 aliphatic heterocycles. The average molecular weight is 419 g/mol. The summed E-state index contributed by atoms with van der Waals surface area (Å²) in [5.74, 6) is 0.594. The molecular formula is C19H28Cl2N2O4. The van der Waals surface area contributed by atoms with E-state index >= 15 is 0 Å². The second kappa shape index (κ2) is 10.9. The highest BCUT2D eigenvalue weighted by atomic mass is 35.5. The molecule has 1 fully saturated rings. The molecule has 1 N–H and O–H groups in total. The van der Waals surface area contributed by atoms with Crippen LogP contribution in [-0.2, 0) is 0 Å². The minimum Gasteiger partial charge on any atom is -0.491 e. The normalized spacial score (nSPS) is 16.4. The summed E-state index contributed by atoms with van der Waals surface area (Å²) in [6.45, 7) is 10.0. The molecule has 1 aromatic heterocycles. The fourth-order valence-corrected chi connectivity index (χ4v) is 3.23. The van der Waals surface area contributed by atoms with Gasteiger partial charge in [0.2, 0.25) is 0 Å². The lowest BCUT2D eigenvalue weighted by atomic mass is 10.1. The van der Waals surface area contributed by atoms with E-state index in [1.165, 1.54) is 6.07 Å². The van der Waals surface area contributed by atoms with E-state index in [1.54, 1.807) is 6.07 Å². The van der Waals surface area contributed by atoms with Crippen molar-refractivity contribution >= 4 is 35.8 Å². The number of aliphatic hydroxyl groups is 1. The smallest absolute Gasteiger partial charge is 0.336 e. The first kappa shape index (κ1) is 23.7. The number of nitrogens with zero attached hydrogens (tertiary/aromatic N) is 2. The summed E-state index contributed by atoms with van der Waals surface area (Å²) in [5.41, 5.74) is 1.02. The Hall–Kier alpha value is -1.31. The molecule has 6 nitrogen and oxygen atoms in total. The fraction of sp³-hybridized carbons (Fsp3) is 0.526. The number of aryl methyl sites for hydroxylation is 1. The van der Waals surface area contributed by atoms with Crippen molar-refractivity contribution in [2.45, 2.75) is 20.0 Å². The molecule has 27 heavy (non-hydrogen) atoms. The third-order valence-electron chi connectivity index (χ3n) is 4.75. The number of halogens is 2. The van der Waals surface area contributed by atoms with Crippen molar-refractivity contribution in [1.29, 1.82) is 0 Å². The van der Waals surface area contributed by atoms with Gasteiger partial charge in [0.15, 0.2) is 0 Å². The summed E-state index contributed by atoms with van der Waals surface area (Å²) in [6.07, 6.45) is -0.548. The second-order valence-electron chi connectivity index (χ2n) is 6.61. The van der Waals surface area contributed by atoms with Gasteiger partial charge in [-0.3, -0.25) is 4.90 Å². The van der Waals surface area contributed by atoms with Crippen molar-refractivity contribution in [3.05, 3.63) is 40.2 Å². The van der Waals surface area contributed by atoms with Crippen molar-refractivity contribution < 1.29 is 14.3 Å². The third kappa shape index (κ3) is 6.36. The lowest BCUT2D eigenvalue weighted by Gasteiger charge is -2.34. The van der Waals surface area contributed by atoms with Crippen LogP contribution in [-0.4, -0.2) is 66.9 Å². The molecule has 1 aromatic carbocycles. The van der Waals surface area contributed by atoms with E-state index in [9.17, 15) is 9.90 Å². The van der Waals surface area contributed by atoms with Gasteiger partial charge in [-0.1, -0.05) is 6.92 Å². The first-order valence-electron chi connectivity index (χ1n) is 8.85. The van der Waals surface area contributed by atoms with Crippen LogP contribution in [0.15, 0.2) is 33.5 Å². The molecular weight excluding hydrogens is 391 g/mol. The Morgan fingerprint density at radius 3 is 2.48 bits per heavy atom. The van der Waals surface area contributed by atoms with E-state index in [1.807, 2.05) is 19.1 Å². The van der Waals surface area contributed by atoms with E-state index in [0.717, 1.165) is 43.7 Å². The van der Waals surface area contributed by atoms with Gasteiger partial charge in [-0.2, -0.15) is 0 Å². The van der Waals surface area contributed by atoms with E-state index in [0.29, 0.717) is 17.9 Å². The Morgan fingerprint density at radius 1 is 1.15 bits per heavy atom. The van der Waals surface area contributed by atoms with Crippen LogP contribution < -0.4 is 10.4 Å². The molecule has 1 atom stereocenters. The Bertz CT molecular complexity index is 776. The van der Waals surface area contributed by atoms with Gasteiger partial charge in [-0.25, -0.2) is 4.79 Å². The highest BCUT2D eigenvalue weighted by Gasteiger charge is 2.18. The zero-order valence-electron chi connectivity index (χ0n) is 15.7. The Labute approximate surface area is 171 Å². The van der Waals surface area contributed by atoms with E-state index < -0.39 is 6.10 Å². The maximum absolute atomic E-state index is 11.5. The standard InChI is InChI=1S/C19H26N2O4.2ClH/c1-3-20-6-8-21(9-7-20)12-15(22)13-24-16-4-5-17-14(2)10-19(23)25-18(17)11-16;;/h4-5,10-11,15,22H,3,6-9,12-13H2,1-2H3;2*1H. The van der Waals surface area contributed by atoms with Gasteiger partial charge in [0.05, 0.1) is 0 Å². The van der Waals surface area contributed by atoms with Gasteiger partial charge in [-0.15, -0.1) is 24.8 Å². The van der Waals surface area contributed by atoms with Crippen molar-refractivity contribution in [2.75, 3.05) is 45.9 Å². The summed E-state index contributed by atoms with van der Waals surface area (Å²) in [5, 5.41) is 11.1. The van der Waals surface area contributed by atoms with Crippen LogP contribution in [0.3, 0.4) is 0 Å². The summed E-state index contributed by atoms with van der Waals surface area (Å²) >= 11 is 0. The predicted molar refractivity (Wildman–Crippen MR) is 112 cm³/mol. The quantitative estimate of drug-likeness (QED) is 0.726. The highest BCUT2D eigenvalue weighted by molar-refractivity contribution is 5.85. The number of ether oxygens (including phenoxy) is 1. The van der Waals surface area contributed by atoms with Crippen molar-refractivity contribution in [3.8, 4) is 5.75 Å². The Kier molecular flexibility index (Phi) is 9.56. The van der Waals surface area contributed by atoms with Crippen LogP contribution in [0, 0.1) is 6.92 Å². The summed E-state index contributed by atoms with van der Waals surface area (Å²) in [4.78, 5) is 16.2. The Balaban J connectivity index is 0.00000182. The molecule has 0 amide bonds. The minimum absolute atomic E-state index is 0. The van der Waals surface area contributed by atoms with Crippen molar-refractivity contribution in [3.63, 3.8) is 0 Å². The van der Waals surface area contributed by atoms with Crippen LogP contribution in [0.1, 0.15) is 12.5 Å². The summed E-state index contributed by atoms with van der Waals surface area (Å²) < 4.78 is 10.9. The van der Waals surface area contributed by atoms with Crippen LogP contribution in [0.2, 0.25) is 0 Å². The number of hydrogen-bond donors (Lipinski definition) is 1. The number of benzene rings is 1. The summed E-state index contributed by atoms with van der Waals surface area (Å²) in [7, 11) is 0. The van der Waals surface area contributed by atoms with Crippen LogP contribution in [0.4, 0.5) is 0 Å². The van der Waals surface area contributed by atoms with Gasteiger partial charge in [0.25, 0.3) is 0 Å². The first-order valence-corrected chi connectivity index (χ1v) is 8.85. The molecule has 1 unspecified atom stereocenters. The van der Waals surface area contributed by atoms with Gasteiger partial charge in [0, 0.05) is 50.2 Å². The topological polar surface area (TPSA) is 66.2 Å². The first-order chi connectivity index (χ1) is 12.0. The van der Waals surface area contributed by atoms with Crippen LogP contribution in [0.25, 0.3) is 11.0 Å². The molecule has 0 spiro atoms. The molecule has 8 heteroatoms. The number of β-amino-alcohol motifs (C(OH)–C–C–N with tert-alkyl or cyclic N) is 1. The monoisotopic (exact) mass is 418 g/mol. The van der Waals surface area contributed by atoms with Crippen LogP contribution >= 0.6 is 24.8 Å². The molecule has 1 aliphatic rings. The average Bonchev–Trinajstić information content (AvgIpc) is 2.60. The zero-order valence-corrected chi connectivity index (χ0v) is 17.4. The second-order valence-corrected chi connectivity index (χ2v) is 6.61. The number of hydrogen-bond acceptors (Lipinski definition) is 6. The number of piperazine rings is 1. The fourth-order valence-electron chi connectivity index (χ4n) is 3.23. The molecule has 3 rings (SSSR count). The minimum atomic E-state index is -0.548. The SMILES string of the molecule is CCN1CCN(CC(O)COc2ccc3c(C)cc(=O)oc3c2)CC1.Cl.Cl. The molecule has 2 heterocycles. The van der Waals surface area contributed by atoms with Crippen molar-refractivity contribution in [2.24, 2.45) is 0 Å². The third-order valence-corrected chi connectivity index (χ3v) is 4.75. The van der Waals surface area contributed by atoms with Crippen molar-refractivity contribution in [1.82, 2.24) is 9.80 Å². The van der Waals surface area contributed by atoms with Gasteiger partial charge < -0.3 is 19.2 Å². The molecule has 2 aromatic rings. The molecule has 0 radical (unpaired) electrons. The van der Waals surface area contributed by atoms with E-state index in [2.05, 4.69) is 16.7 Å². The van der Waals surface area contributed by atoms with Crippen LogP contribution in [0.5, 0.6) is 5.75 Å². The maximum Gasteiger partial charge on any atom is 0.336 e. The molecule has 0 bridgehead atoms. The number of fused-ring (bicyclic) bond motifs is 1. The van der Waals surface area contributed by atoms with E-state index in [-0.39, 0.29) is 37.0 Å². The number of rotatable bonds is 6. The van der Waals surface area contributed by atoms with Gasteiger partial charge >= 0.3 is 5.63 Å². The number of aliphatic hydroxyl groups excluding tert-OH is 1. The predicted octanol–water partition coefficient (Wildman–Crippen LogP) is 2.32. The maximum atomic E-state index is 11.5. The molecule has 0 aliphatic carbocycles. The van der Waals surface area contributed by atoms with E-state index in [4.69, 9.17) is 9.15 Å². The molecule has 1 saturated heterocycles.